The quantitative estimate of drug-likeness (QED) is 0.229. The molecule has 5 atom stereocenters. The maximum absolute atomic E-state index is 13.8. The number of amides is 5. The Morgan fingerprint density at radius 1 is 1.14 bits per heavy atom. The van der Waals surface area contributed by atoms with Crippen molar-refractivity contribution >= 4 is 29.5 Å². The fourth-order valence-corrected chi connectivity index (χ4v) is 5.36. The first-order chi connectivity index (χ1) is 17.3. The third kappa shape index (κ3) is 7.79. The van der Waals surface area contributed by atoms with Gasteiger partial charge in [-0.15, -0.1) is 6.58 Å². The maximum Gasteiger partial charge on any atom is 0.312 e. The standard InChI is InChI=1S/C27H45N5O5/c1-7-10-18-16(3)15-32(25(36)22(27(4,5)6)31-26(28)37)20(18)23(34)30-19(14-17-11-9-12-17)21(33)24(35)29-13-8-2/h8,16-20,22H,2,7,9-15H2,1,3-6H3,(H,29,35)(H,30,34)(H3,28,31,37)/t16-,18-,19?,20-,22+/m0/s1. The van der Waals surface area contributed by atoms with Crippen LogP contribution in [0.2, 0.25) is 0 Å². The van der Waals surface area contributed by atoms with E-state index in [0.717, 1.165) is 25.7 Å². The third-order valence-electron chi connectivity index (χ3n) is 7.59. The normalized spacial score (nSPS) is 23.4. The second-order valence-electron chi connectivity index (χ2n) is 11.6. The molecule has 1 aliphatic carbocycles. The molecule has 5 N–H and O–H groups in total. The molecule has 0 bridgehead atoms. The van der Waals surface area contributed by atoms with Crippen LogP contribution in [0.15, 0.2) is 12.7 Å². The molecular formula is C27H45N5O5. The molecule has 1 aliphatic heterocycles. The number of urea groups is 1. The SMILES string of the molecule is C=CCNC(=O)C(=O)C(CC1CCC1)NC(=O)[C@@H]1[C@@H](CCC)[C@@H](C)CN1C(=O)[C@@H](NC(N)=O)C(C)(C)C. The number of nitrogens with two attached hydrogens (primary N) is 1. The number of Topliss-reactive ketones (excluding diaryl/α,β-unsaturated/α-hetero) is 1. The van der Waals surface area contributed by atoms with Gasteiger partial charge in [-0.2, -0.15) is 0 Å². The van der Waals surface area contributed by atoms with Gasteiger partial charge in [-0.05, 0) is 36.0 Å². The smallest absolute Gasteiger partial charge is 0.312 e. The van der Waals surface area contributed by atoms with Crippen molar-refractivity contribution < 1.29 is 24.0 Å². The van der Waals surface area contributed by atoms with Gasteiger partial charge in [0.2, 0.25) is 17.6 Å². The van der Waals surface area contributed by atoms with Crippen LogP contribution in [0.5, 0.6) is 0 Å². The van der Waals surface area contributed by atoms with Crippen LogP contribution in [0.4, 0.5) is 4.79 Å². The molecule has 5 amide bonds. The molecule has 0 aromatic rings. The van der Waals surface area contributed by atoms with Gasteiger partial charge in [0.1, 0.15) is 12.1 Å². The minimum absolute atomic E-state index is 0.0329. The molecule has 1 saturated heterocycles. The third-order valence-corrected chi connectivity index (χ3v) is 7.59. The number of likely N-dealkylation sites (tertiary alicyclic amines) is 1. The first kappa shape index (κ1) is 30.3. The van der Waals surface area contributed by atoms with Crippen molar-refractivity contribution in [2.24, 2.45) is 28.9 Å². The highest BCUT2D eigenvalue weighted by molar-refractivity contribution is 6.38. The Balaban J connectivity index is 2.35. The zero-order valence-electron chi connectivity index (χ0n) is 23.0. The monoisotopic (exact) mass is 519 g/mol. The molecule has 1 heterocycles. The summed E-state index contributed by atoms with van der Waals surface area (Å²) < 4.78 is 0. The number of nitrogens with one attached hydrogen (secondary N) is 3. The number of hydrogen-bond donors (Lipinski definition) is 4. The van der Waals surface area contributed by atoms with E-state index in [1.54, 1.807) is 0 Å². The van der Waals surface area contributed by atoms with Crippen molar-refractivity contribution in [3.8, 4) is 0 Å². The van der Waals surface area contributed by atoms with Crippen LogP contribution in [0.3, 0.4) is 0 Å². The molecule has 0 radical (unpaired) electrons. The zero-order chi connectivity index (χ0) is 27.9. The van der Waals surface area contributed by atoms with Crippen molar-refractivity contribution in [1.29, 1.82) is 0 Å². The van der Waals surface area contributed by atoms with Crippen LogP contribution < -0.4 is 21.7 Å². The van der Waals surface area contributed by atoms with Gasteiger partial charge < -0.3 is 26.6 Å². The van der Waals surface area contributed by atoms with Gasteiger partial charge in [-0.25, -0.2) is 4.79 Å². The topological polar surface area (TPSA) is 151 Å². The predicted molar refractivity (Wildman–Crippen MR) is 141 cm³/mol. The molecule has 0 spiro atoms. The molecule has 1 saturated carbocycles. The number of primary amides is 1. The highest BCUT2D eigenvalue weighted by Crippen LogP contribution is 2.36. The van der Waals surface area contributed by atoms with Crippen LogP contribution in [-0.4, -0.2) is 65.7 Å². The lowest BCUT2D eigenvalue weighted by Gasteiger charge is -2.36. The second kappa shape index (κ2) is 13.1. The molecule has 1 unspecified atom stereocenters. The molecule has 0 aromatic heterocycles. The first-order valence-electron chi connectivity index (χ1n) is 13.4. The van der Waals surface area contributed by atoms with Gasteiger partial charge in [0.25, 0.3) is 5.91 Å². The van der Waals surface area contributed by atoms with Gasteiger partial charge in [0, 0.05) is 13.1 Å². The highest BCUT2D eigenvalue weighted by atomic mass is 16.2. The van der Waals surface area contributed by atoms with Gasteiger partial charge in [0.15, 0.2) is 0 Å². The van der Waals surface area contributed by atoms with Crippen LogP contribution in [-0.2, 0) is 19.2 Å². The predicted octanol–water partition coefficient (Wildman–Crippen LogP) is 1.88. The Morgan fingerprint density at radius 3 is 2.27 bits per heavy atom. The Morgan fingerprint density at radius 2 is 1.78 bits per heavy atom. The summed E-state index contributed by atoms with van der Waals surface area (Å²) in [7, 11) is 0. The van der Waals surface area contributed by atoms with Crippen LogP contribution in [0.25, 0.3) is 0 Å². The summed E-state index contributed by atoms with van der Waals surface area (Å²) in [5, 5.41) is 7.90. The molecule has 2 rings (SSSR count). The van der Waals surface area contributed by atoms with Crippen molar-refractivity contribution in [3.63, 3.8) is 0 Å². The summed E-state index contributed by atoms with van der Waals surface area (Å²) in [6, 6.07) is -3.54. The molecule has 10 heteroatoms. The molecule has 2 aliphatic rings. The summed E-state index contributed by atoms with van der Waals surface area (Å²) >= 11 is 0. The molecule has 2 fully saturated rings. The van der Waals surface area contributed by atoms with E-state index < -0.39 is 47.2 Å². The molecule has 208 valence electrons. The molecule has 0 aromatic carbocycles. The summed E-state index contributed by atoms with van der Waals surface area (Å²) in [6.07, 6.45) is 6.35. The molecule has 10 nitrogen and oxygen atoms in total. The number of ketones is 1. The fourth-order valence-electron chi connectivity index (χ4n) is 5.36. The van der Waals surface area contributed by atoms with E-state index in [4.69, 9.17) is 5.73 Å². The number of carbonyl (C=O) groups is 5. The molecule has 37 heavy (non-hydrogen) atoms. The Kier molecular flexibility index (Phi) is 10.7. The average molecular weight is 520 g/mol. The van der Waals surface area contributed by atoms with Crippen molar-refractivity contribution in [2.75, 3.05) is 13.1 Å². The van der Waals surface area contributed by atoms with E-state index in [1.807, 2.05) is 34.6 Å². The van der Waals surface area contributed by atoms with Crippen molar-refractivity contribution in [3.05, 3.63) is 12.7 Å². The average Bonchev–Trinajstić information content (AvgIpc) is 3.11. The lowest BCUT2D eigenvalue weighted by Crippen LogP contribution is -2.60. The van der Waals surface area contributed by atoms with E-state index in [1.165, 1.54) is 11.0 Å². The zero-order valence-corrected chi connectivity index (χ0v) is 23.0. The molecular weight excluding hydrogens is 474 g/mol. The largest absolute Gasteiger partial charge is 0.352 e. The first-order valence-corrected chi connectivity index (χ1v) is 13.4. The van der Waals surface area contributed by atoms with E-state index in [9.17, 15) is 24.0 Å². The lowest BCUT2D eigenvalue weighted by molar-refractivity contribution is -0.144. The van der Waals surface area contributed by atoms with E-state index in [2.05, 4.69) is 22.5 Å². The minimum Gasteiger partial charge on any atom is -0.352 e. The summed E-state index contributed by atoms with van der Waals surface area (Å²) in [5.41, 5.74) is 4.72. The van der Waals surface area contributed by atoms with Crippen LogP contribution in [0.1, 0.15) is 73.1 Å². The van der Waals surface area contributed by atoms with E-state index in [0.29, 0.717) is 19.4 Å². The fraction of sp³-hybridized carbons (Fsp3) is 0.741. The number of hydrogen-bond acceptors (Lipinski definition) is 5. The minimum atomic E-state index is -0.972. The van der Waals surface area contributed by atoms with Crippen molar-refractivity contribution in [1.82, 2.24) is 20.9 Å². The van der Waals surface area contributed by atoms with E-state index >= 15 is 0 Å². The summed E-state index contributed by atoms with van der Waals surface area (Å²) in [5.74, 6) is -2.12. The Hall–Kier alpha value is -2.91. The van der Waals surface area contributed by atoms with Gasteiger partial charge in [-0.1, -0.05) is 66.4 Å². The Bertz CT molecular complexity index is 879. The number of nitrogens with zero attached hydrogens (tertiary/aromatic N) is 1. The van der Waals surface area contributed by atoms with Gasteiger partial charge in [0.05, 0.1) is 6.04 Å². The summed E-state index contributed by atoms with van der Waals surface area (Å²) in [6.45, 7) is 13.5. The van der Waals surface area contributed by atoms with Gasteiger partial charge in [-0.3, -0.25) is 19.2 Å². The van der Waals surface area contributed by atoms with Gasteiger partial charge >= 0.3 is 6.03 Å². The summed E-state index contributed by atoms with van der Waals surface area (Å²) in [4.78, 5) is 66.3. The van der Waals surface area contributed by atoms with Crippen LogP contribution in [0, 0.1) is 23.2 Å². The second-order valence-corrected chi connectivity index (χ2v) is 11.6. The van der Waals surface area contributed by atoms with E-state index in [-0.39, 0.29) is 30.2 Å². The number of carbonyl (C=O) groups excluding carboxylic acids is 5. The lowest BCUT2D eigenvalue weighted by atomic mass is 9.80. The van der Waals surface area contributed by atoms with Crippen molar-refractivity contribution in [2.45, 2.75) is 91.3 Å². The Labute approximate surface area is 220 Å². The maximum atomic E-state index is 13.8. The van der Waals surface area contributed by atoms with Crippen LogP contribution >= 0.6 is 0 Å². The number of rotatable bonds is 12. The highest BCUT2D eigenvalue weighted by Gasteiger charge is 2.49.